The molecule has 0 aliphatic heterocycles. The standard InChI is InChI=1S/C5H7ClN2O3/c1-3(8-11-2-6)4(9)5(7)10/h2H2,1H3,(H2,7,10). The minimum atomic E-state index is -1.07. The molecule has 0 heterocycles. The molecule has 0 aliphatic carbocycles. The molecule has 11 heavy (non-hydrogen) atoms. The summed E-state index contributed by atoms with van der Waals surface area (Å²) in [6, 6.07) is -0.177. The molecule has 0 fully saturated rings. The van der Waals surface area contributed by atoms with E-state index in [0.29, 0.717) is 0 Å². The molecule has 5 nitrogen and oxygen atoms in total. The number of carbonyl (C=O) groups excluding carboxylic acids is 2. The number of carbonyl (C=O) groups is 2. The average molecular weight is 179 g/mol. The lowest BCUT2D eigenvalue weighted by atomic mass is 10.3. The van der Waals surface area contributed by atoms with Crippen molar-refractivity contribution in [1.82, 2.24) is 0 Å². The van der Waals surface area contributed by atoms with E-state index in [1.807, 2.05) is 0 Å². The number of alkyl halides is 1. The van der Waals surface area contributed by atoms with Crippen LogP contribution in [0.5, 0.6) is 0 Å². The molecule has 0 aliphatic rings. The number of amides is 1. The maximum absolute atomic E-state index is 10.6. The Kier molecular flexibility index (Phi) is 4.21. The molecule has 2 N–H and O–H groups in total. The van der Waals surface area contributed by atoms with Crippen LogP contribution in [0.1, 0.15) is 6.92 Å². The maximum atomic E-state index is 10.6. The fourth-order valence-electron chi connectivity index (χ4n) is 0.341. The lowest BCUT2D eigenvalue weighted by Crippen LogP contribution is -2.28. The van der Waals surface area contributed by atoms with Gasteiger partial charge in [0.25, 0.3) is 11.7 Å². The Balaban J connectivity index is 4.12. The zero-order chi connectivity index (χ0) is 8.85. The smallest absolute Gasteiger partial charge is 0.291 e. The predicted octanol–water partition coefficient (Wildman–Crippen LogP) is -0.370. The second kappa shape index (κ2) is 4.68. The van der Waals surface area contributed by atoms with Gasteiger partial charge in [-0.3, -0.25) is 9.59 Å². The molecule has 0 aromatic carbocycles. The second-order valence-electron chi connectivity index (χ2n) is 1.61. The van der Waals surface area contributed by atoms with Gasteiger partial charge in [-0.05, 0) is 6.92 Å². The average Bonchev–Trinajstić information content (AvgIpc) is 1.98. The van der Waals surface area contributed by atoms with Crippen LogP contribution < -0.4 is 5.73 Å². The molecule has 62 valence electrons. The number of ketones is 1. The number of hydrogen-bond acceptors (Lipinski definition) is 4. The largest absolute Gasteiger partial charge is 0.379 e. The molecule has 0 aromatic heterocycles. The van der Waals surface area contributed by atoms with E-state index >= 15 is 0 Å². The van der Waals surface area contributed by atoms with Crippen LogP contribution in [0.25, 0.3) is 0 Å². The topological polar surface area (TPSA) is 81.8 Å². The first-order chi connectivity index (χ1) is 5.09. The van der Waals surface area contributed by atoms with Crippen molar-refractivity contribution in [2.24, 2.45) is 10.9 Å². The highest BCUT2D eigenvalue weighted by molar-refractivity contribution is 6.63. The van der Waals surface area contributed by atoms with Crippen molar-refractivity contribution in [1.29, 1.82) is 0 Å². The van der Waals surface area contributed by atoms with Crippen LogP contribution in [-0.2, 0) is 14.4 Å². The van der Waals surface area contributed by atoms with Gasteiger partial charge in [0.1, 0.15) is 5.71 Å². The first-order valence-electron chi connectivity index (χ1n) is 2.66. The number of nitrogens with two attached hydrogens (primary N) is 1. The van der Waals surface area contributed by atoms with Crippen molar-refractivity contribution in [3.05, 3.63) is 0 Å². The zero-order valence-electron chi connectivity index (χ0n) is 5.83. The van der Waals surface area contributed by atoms with Crippen molar-refractivity contribution in [2.75, 3.05) is 6.07 Å². The van der Waals surface area contributed by atoms with E-state index in [1.54, 1.807) is 0 Å². The van der Waals surface area contributed by atoms with Crippen LogP contribution in [0.15, 0.2) is 5.16 Å². The fraction of sp³-hybridized carbons (Fsp3) is 0.400. The van der Waals surface area contributed by atoms with Gasteiger partial charge in [0.05, 0.1) is 0 Å². The summed E-state index contributed by atoms with van der Waals surface area (Å²) >= 11 is 5.07. The van der Waals surface area contributed by atoms with Gasteiger partial charge in [-0.2, -0.15) is 0 Å². The third-order valence-electron chi connectivity index (χ3n) is 0.803. The van der Waals surface area contributed by atoms with E-state index in [-0.39, 0.29) is 11.8 Å². The summed E-state index contributed by atoms with van der Waals surface area (Å²) in [6.45, 7) is 1.31. The van der Waals surface area contributed by atoms with E-state index < -0.39 is 11.7 Å². The molecule has 0 bridgehead atoms. The molecule has 0 radical (unpaired) electrons. The van der Waals surface area contributed by atoms with E-state index in [2.05, 4.69) is 15.7 Å². The summed E-state index contributed by atoms with van der Waals surface area (Å²) < 4.78 is 0. The van der Waals surface area contributed by atoms with Crippen molar-refractivity contribution in [3.63, 3.8) is 0 Å². The van der Waals surface area contributed by atoms with Gasteiger partial charge in [-0.25, -0.2) is 0 Å². The summed E-state index contributed by atoms with van der Waals surface area (Å²) in [7, 11) is 0. The maximum Gasteiger partial charge on any atom is 0.291 e. The SMILES string of the molecule is CC(=NOCCl)C(=O)C(N)=O. The highest BCUT2D eigenvalue weighted by atomic mass is 35.5. The molecular formula is C5H7ClN2O3. The van der Waals surface area contributed by atoms with Gasteiger partial charge in [0.2, 0.25) is 0 Å². The van der Waals surface area contributed by atoms with Crippen molar-refractivity contribution >= 4 is 29.0 Å². The molecule has 0 aromatic rings. The van der Waals surface area contributed by atoms with Gasteiger partial charge in [-0.15, -0.1) is 0 Å². The number of halogens is 1. The van der Waals surface area contributed by atoms with Crippen LogP contribution in [-0.4, -0.2) is 23.5 Å². The highest BCUT2D eigenvalue weighted by Crippen LogP contribution is 1.85. The van der Waals surface area contributed by atoms with E-state index in [9.17, 15) is 9.59 Å². The van der Waals surface area contributed by atoms with Crippen LogP contribution in [0, 0.1) is 0 Å². The molecule has 0 unspecified atom stereocenters. The Labute approximate surface area is 68.1 Å². The van der Waals surface area contributed by atoms with Crippen molar-refractivity contribution in [2.45, 2.75) is 6.92 Å². The molecule has 0 spiro atoms. The Hall–Kier alpha value is -1.10. The monoisotopic (exact) mass is 178 g/mol. The molecular weight excluding hydrogens is 172 g/mol. The number of primary amides is 1. The Morgan fingerprint density at radius 1 is 1.64 bits per heavy atom. The molecule has 0 rings (SSSR count). The molecule has 0 saturated heterocycles. The zero-order valence-corrected chi connectivity index (χ0v) is 6.59. The highest BCUT2D eigenvalue weighted by Gasteiger charge is 2.12. The second-order valence-corrected chi connectivity index (χ2v) is 1.83. The van der Waals surface area contributed by atoms with Crippen LogP contribution >= 0.6 is 11.6 Å². The van der Waals surface area contributed by atoms with Crippen LogP contribution in [0.4, 0.5) is 0 Å². The van der Waals surface area contributed by atoms with Crippen molar-refractivity contribution < 1.29 is 14.4 Å². The van der Waals surface area contributed by atoms with Gasteiger partial charge < -0.3 is 10.6 Å². The normalized spacial score (nSPS) is 10.9. The van der Waals surface area contributed by atoms with Gasteiger partial charge in [0, 0.05) is 0 Å². The number of Topliss-reactive ketones (excluding diaryl/α,β-unsaturated/α-hetero) is 1. The minimum absolute atomic E-state index is 0.113. The Bertz CT molecular complexity index is 202. The van der Waals surface area contributed by atoms with Crippen LogP contribution in [0.3, 0.4) is 0 Å². The van der Waals surface area contributed by atoms with E-state index in [1.165, 1.54) is 6.92 Å². The first kappa shape index (κ1) is 9.90. The molecule has 0 saturated carbocycles. The number of hydrogen-bond donors (Lipinski definition) is 1. The Morgan fingerprint density at radius 2 is 2.18 bits per heavy atom. The molecule has 1 amide bonds. The van der Waals surface area contributed by atoms with E-state index in [4.69, 9.17) is 11.6 Å². The molecule has 0 atom stereocenters. The quantitative estimate of drug-likeness (QED) is 0.276. The fourth-order valence-corrected chi connectivity index (χ4v) is 0.390. The third kappa shape index (κ3) is 3.57. The van der Waals surface area contributed by atoms with Gasteiger partial charge in [0.15, 0.2) is 6.07 Å². The van der Waals surface area contributed by atoms with Gasteiger partial charge in [-0.1, -0.05) is 16.8 Å². The first-order valence-corrected chi connectivity index (χ1v) is 3.19. The number of oxime groups is 1. The van der Waals surface area contributed by atoms with Crippen LogP contribution in [0.2, 0.25) is 0 Å². The summed E-state index contributed by atoms with van der Waals surface area (Å²) in [5.74, 6) is -1.94. The predicted molar refractivity (Wildman–Crippen MR) is 39.1 cm³/mol. The van der Waals surface area contributed by atoms with Gasteiger partial charge >= 0.3 is 0 Å². The summed E-state index contributed by atoms with van der Waals surface area (Å²) in [4.78, 5) is 25.1. The minimum Gasteiger partial charge on any atom is -0.379 e. The third-order valence-corrected chi connectivity index (χ3v) is 0.900. The van der Waals surface area contributed by atoms with Crippen molar-refractivity contribution in [3.8, 4) is 0 Å². The Morgan fingerprint density at radius 3 is 2.55 bits per heavy atom. The number of rotatable bonds is 4. The van der Waals surface area contributed by atoms with E-state index in [0.717, 1.165) is 0 Å². The lowest BCUT2D eigenvalue weighted by molar-refractivity contribution is -0.132. The number of nitrogens with zero attached hydrogens (tertiary/aromatic N) is 1. The lowest BCUT2D eigenvalue weighted by Gasteiger charge is -1.93. The summed E-state index contributed by atoms with van der Waals surface area (Å²) in [6.07, 6.45) is 0. The molecule has 6 heteroatoms. The summed E-state index contributed by atoms with van der Waals surface area (Å²) in [5.41, 5.74) is 4.54. The summed E-state index contributed by atoms with van der Waals surface area (Å²) in [5, 5.41) is 3.20.